The molecule has 1 aromatic carbocycles. The monoisotopic (exact) mass is 271 g/mol. The number of rotatable bonds is 4. The molecule has 0 fully saturated rings. The summed E-state index contributed by atoms with van der Waals surface area (Å²) in [5, 5.41) is 0. The number of nitrogens with two attached hydrogens (primary N) is 1. The summed E-state index contributed by atoms with van der Waals surface area (Å²) >= 11 is 0. The summed E-state index contributed by atoms with van der Waals surface area (Å²) in [5.41, 5.74) is 9.03. The van der Waals surface area contributed by atoms with Crippen LogP contribution in [0.4, 0.5) is 0 Å². The van der Waals surface area contributed by atoms with Crippen molar-refractivity contribution >= 4 is 0 Å². The molecule has 20 heavy (non-hydrogen) atoms. The minimum Gasteiger partial charge on any atom is -0.439 e. The number of benzene rings is 1. The van der Waals surface area contributed by atoms with E-state index in [1.165, 1.54) is 5.56 Å². The molecule has 0 saturated heterocycles. The van der Waals surface area contributed by atoms with E-state index in [1.807, 2.05) is 45.0 Å². The van der Waals surface area contributed by atoms with Crippen molar-refractivity contribution in [1.29, 1.82) is 0 Å². The van der Waals surface area contributed by atoms with Crippen molar-refractivity contribution in [2.24, 2.45) is 5.73 Å². The van der Waals surface area contributed by atoms with Crippen molar-refractivity contribution in [1.82, 2.24) is 9.97 Å². The van der Waals surface area contributed by atoms with Gasteiger partial charge in [0.1, 0.15) is 11.6 Å². The molecule has 4 nitrogen and oxygen atoms in total. The Morgan fingerprint density at radius 1 is 1.15 bits per heavy atom. The van der Waals surface area contributed by atoms with E-state index in [9.17, 15) is 0 Å². The van der Waals surface area contributed by atoms with Crippen LogP contribution >= 0.6 is 0 Å². The molecule has 2 aromatic rings. The summed E-state index contributed by atoms with van der Waals surface area (Å²) in [4.78, 5) is 8.86. The molecule has 0 aliphatic heterocycles. The zero-order valence-electron chi connectivity index (χ0n) is 12.5. The smallest absolute Gasteiger partial charge is 0.226 e. The molecule has 4 heteroatoms. The third-order valence-electron chi connectivity index (χ3n) is 3.13. The molecular weight excluding hydrogens is 250 g/mol. The molecule has 0 spiro atoms. The molecule has 0 aliphatic carbocycles. The van der Waals surface area contributed by atoms with Crippen molar-refractivity contribution in [2.45, 2.75) is 40.2 Å². The van der Waals surface area contributed by atoms with E-state index in [4.69, 9.17) is 10.5 Å². The predicted molar refractivity (Wildman–Crippen MR) is 80.0 cm³/mol. The number of hydrogen-bond donors (Lipinski definition) is 1. The zero-order chi connectivity index (χ0) is 14.7. The maximum Gasteiger partial charge on any atom is 0.226 e. The SMILES string of the molecule is CCc1c(Oc2ccc(C)cc2)nc(C)nc1C(C)N. The third-order valence-corrected chi connectivity index (χ3v) is 3.13. The van der Waals surface area contributed by atoms with Gasteiger partial charge in [-0.15, -0.1) is 0 Å². The van der Waals surface area contributed by atoms with Gasteiger partial charge < -0.3 is 10.5 Å². The second kappa shape index (κ2) is 6.01. The largest absolute Gasteiger partial charge is 0.439 e. The predicted octanol–water partition coefficient (Wildman–Crippen LogP) is 3.47. The lowest BCUT2D eigenvalue weighted by molar-refractivity contribution is 0.450. The Bertz CT molecular complexity index is 591. The number of aromatic nitrogens is 2. The van der Waals surface area contributed by atoms with E-state index >= 15 is 0 Å². The Morgan fingerprint density at radius 3 is 2.35 bits per heavy atom. The molecule has 1 aromatic heterocycles. The summed E-state index contributed by atoms with van der Waals surface area (Å²) in [6.45, 7) is 7.89. The van der Waals surface area contributed by atoms with Crippen LogP contribution < -0.4 is 10.5 Å². The van der Waals surface area contributed by atoms with Gasteiger partial charge in [0.15, 0.2) is 0 Å². The van der Waals surface area contributed by atoms with Crippen LogP contribution in [-0.4, -0.2) is 9.97 Å². The minimum atomic E-state index is -0.132. The average Bonchev–Trinajstić information content (AvgIpc) is 2.40. The highest BCUT2D eigenvalue weighted by Gasteiger charge is 2.16. The molecule has 0 bridgehead atoms. The van der Waals surface area contributed by atoms with E-state index in [0.717, 1.165) is 23.4 Å². The maximum absolute atomic E-state index is 6.00. The van der Waals surface area contributed by atoms with Crippen LogP contribution in [0.2, 0.25) is 0 Å². The fraction of sp³-hybridized carbons (Fsp3) is 0.375. The van der Waals surface area contributed by atoms with E-state index in [0.29, 0.717) is 11.7 Å². The van der Waals surface area contributed by atoms with Gasteiger partial charge in [0, 0.05) is 11.6 Å². The van der Waals surface area contributed by atoms with Gasteiger partial charge in [0.25, 0.3) is 0 Å². The standard InChI is InChI=1S/C16H21N3O/c1-5-14-15(11(3)17)18-12(4)19-16(14)20-13-8-6-10(2)7-9-13/h6-9,11H,5,17H2,1-4H3. The summed E-state index contributed by atoms with van der Waals surface area (Å²) in [5.74, 6) is 2.06. The maximum atomic E-state index is 6.00. The van der Waals surface area contributed by atoms with Crippen molar-refractivity contribution < 1.29 is 4.74 Å². The fourth-order valence-electron chi connectivity index (χ4n) is 2.10. The molecule has 2 rings (SSSR count). The summed E-state index contributed by atoms with van der Waals surface area (Å²) in [7, 11) is 0. The van der Waals surface area contributed by atoms with Crippen LogP contribution in [0.3, 0.4) is 0 Å². The van der Waals surface area contributed by atoms with Gasteiger partial charge in [0.2, 0.25) is 5.88 Å². The van der Waals surface area contributed by atoms with Crippen molar-refractivity contribution in [2.75, 3.05) is 0 Å². The van der Waals surface area contributed by atoms with Gasteiger partial charge >= 0.3 is 0 Å². The second-order valence-corrected chi connectivity index (χ2v) is 5.00. The van der Waals surface area contributed by atoms with Crippen LogP contribution in [0.1, 0.15) is 42.5 Å². The summed E-state index contributed by atoms with van der Waals surface area (Å²) in [6.07, 6.45) is 0.790. The molecular formula is C16H21N3O. The average molecular weight is 271 g/mol. The highest BCUT2D eigenvalue weighted by Crippen LogP contribution is 2.28. The van der Waals surface area contributed by atoms with Crippen molar-refractivity contribution in [3.05, 3.63) is 46.9 Å². The van der Waals surface area contributed by atoms with Gasteiger partial charge in [-0.1, -0.05) is 24.6 Å². The fourth-order valence-corrected chi connectivity index (χ4v) is 2.10. The quantitative estimate of drug-likeness (QED) is 0.925. The second-order valence-electron chi connectivity index (χ2n) is 5.00. The Kier molecular flexibility index (Phi) is 4.35. The molecule has 0 saturated carbocycles. The minimum absolute atomic E-state index is 0.132. The molecule has 2 N–H and O–H groups in total. The van der Waals surface area contributed by atoms with E-state index in [-0.39, 0.29) is 6.04 Å². The Balaban J connectivity index is 2.42. The van der Waals surface area contributed by atoms with Gasteiger partial charge in [0.05, 0.1) is 5.69 Å². The van der Waals surface area contributed by atoms with Crippen LogP contribution in [-0.2, 0) is 6.42 Å². The molecule has 0 aliphatic rings. The molecule has 0 amide bonds. The van der Waals surface area contributed by atoms with E-state index in [2.05, 4.69) is 16.9 Å². The normalized spacial score (nSPS) is 12.2. The highest BCUT2D eigenvalue weighted by atomic mass is 16.5. The van der Waals surface area contributed by atoms with Crippen LogP contribution in [0.25, 0.3) is 0 Å². The van der Waals surface area contributed by atoms with Crippen molar-refractivity contribution in [3.8, 4) is 11.6 Å². The number of nitrogens with zero attached hydrogens (tertiary/aromatic N) is 2. The first-order chi connectivity index (χ1) is 9.51. The lowest BCUT2D eigenvalue weighted by Crippen LogP contribution is -2.13. The number of ether oxygens (including phenoxy) is 1. The lowest BCUT2D eigenvalue weighted by Gasteiger charge is -2.15. The van der Waals surface area contributed by atoms with E-state index in [1.54, 1.807) is 0 Å². The first-order valence-electron chi connectivity index (χ1n) is 6.88. The molecule has 106 valence electrons. The third kappa shape index (κ3) is 3.14. The van der Waals surface area contributed by atoms with Gasteiger partial charge in [-0.05, 0) is 39.3 Å². The molecule has 0 radical (unpaired) electrons. The summed E-state index contributed by atoms with van der Waals surface area (Å²) < 4.78 is 5.92. The lowest BCUT2D eigenvalue weighted by atomic mass is 10.1. The summed E-state index contributed by atoms with van der Waals surface area (Å²) in [6, 6.07) is 7.78. The Labute approximate surface area is 120 Å². The van der Waals surface area contributed by atoms with Crippen LogP contribution in [0.5, 0.6) is 11.6 Å². The Morgan fingerprint density at radius 2 is 1.80 bits per heavy atom. The molecule has 1 unspecified atom stereocenters. The zero-order valence-corrected chi connectivity index (χ0v) is 12.5. The van der Waals surface area contributed by atoms with Crippen LogP contribution in [0.15, 0.2) is 24.3 Å². The number of aryl methyl sites for hydroxylation is 2. The number of hydrogen-bond acceptors (Lipinski definition) is 4. The first kappa shape index (κ1) is 14.5. The van der Waals surface area contributed by atoms with Crippen molar-refractivity contribution in [3.63, 3.8) is 0 Å². The topological polar surface area (TPSA) is 61.0 Å². The molecule has 1 atom stereocenters. The van der Waals surface area contributed by atoms with Crippen LogP contribution in [0, 0.1) is 13.8 Å². The Hall–Kier alpha value is -1.94. The first-order valence-corrected chi connectivity index (χ1v) is 6.88. The van der Waals surface area contributed by atoms with Gasteiger partial charge in [-0.2, -0.15) is 4.98 Å². The van der Waals surface area contributed by atoms with E-state index < -0.39 is 0 Å². The molecule has 1 heterocycles. The van der Waals surface area contributed by atoms with Gasteiger partial charge in [-0.3, -0.25) is 0 Å². The highest BCUT2D eigenvalue weighted by molar-refractivity contribution is 5.37. The van der Waals surface area contributed by atoms with Gasteiger partial charge in [-0.25, -0.2) is 4.98 Å².